The number of benzene rings is 3. The molecule has 1 amide bonds. The molecule has 4 aromatic rings. The highest BCUT2D eigenvalue weighted by Crippen LogP contribution is 2.42. The van der Waals surface area contributed by atoms with Gasteiger partial charge in [0, 0.05) is 5.56 Å². The molecule has 1 saturated heterocycles. The van der Waals surface area contributed by atoms with E-state index in [0.717, 1.165) is 16.6 Å². The Hall–Kier alpha value is -4.59. The number of Topliss-reactive ketones (excluding diaryl/α,β-unsaturated/α-hetero) is 1. The predicted molar refractivity (Wildman–Crippen MR) is 146 cm³/mol. The molecule has 1 fully saturated rings. The van der Waals surface area contributed by atoms with E-state index >= 15 is 0 Å². The van der Waals surface area contributed by atoms with Crippen LogP contribution < -0.4 is 14.4 Å². The lowest BCUT2D eigenvalue weighted by Crippen LogP contribution is -2.30. The molecule has 0 spiro atoms. The quantitative estimate of drug-likeness (QED) is 0.198. The van der Waals surface area contributed by atoms with Gasteiger partial charge >= 0.3 is 5.91 Å². The van der Waals surface area contributed by atoms with Crippen molar-refractivity contribution < 1.29 is 24.2 Å². The Balaban J connectivity index is 1.69. The molecule has 1 unspecified atom stereocenters. The number of hydrogen-bond donors (Lipinski definition) is 2. The summed E-state index contributed by atoms with van der Waals surface area (Å²) in [6.45, 7) is 7.79. The van der Waals surface area contributed by atoms with Gasteiger partial charge in [-0.2, -0.15) is 0 Å². The van der Waals surface area contributed by atoms with Gasteiger partial charge in [-0.25, -0.2) is 4.98 Å². The number of nitrogens with one attached hydrogen (secondary N) is 1. The van der Waals surface area contributed by atoms with Crippen molar-refractivity contribution in [3.05, 3.63) is 88.5 Å². The van der Waals surface area contributed by atoms with Gasteiger partial charge in [-0.15, -0.1) is 0 Å². The minimum Gasteiger partial charge on any atom is -0.507 e. The van der Waals surface area contributed by atoms with E-state index in [1.54, 1.807) is 55.6 Å². The molecule has 1 aromatic heterocycles. The van der Waals surface area contributed by atoms with Crippen molar-refractivity contribution in [3.8, 4) is 11.5 Å². The summed E-state index contributed by atoms with van der Waals surface area (Å²) in [5, 5.41) is 11.4. The third-order valence-electron chi connectivity index (χ3n) is 6.67. The number of H-pyrrole nitrogens is 1. The Morgan fingerprint density at radius 2 is 1.71 bits per heavy atom. The lowest BCUT2D eigenvalue weighted by atomic mass is 9.95. The van der Waals surface area contributed by atoms with Crippen LogP contribution in [0.2, 0.25) is 0 Å². The van der Waals surface area contributed by atoms with Crippen LogP contribution in [0.25, 0.3) is 16.8 Å². The molecule has 0 bridgehead atoms. The number of aromatic nitrogens is 2. The molecule has 38 heavy (non-hydrogen) atoms. The molecule has 8 heteroatoms. The van der Waals surface area contributed by atoms with Crippen molar-refractivity contribution in [2.24, 2.45) is 0 Å². The highest BCUT2D eigenvalue weighted by molar-refractivity contribution is 6.51. The normalized spacial score (nSPS) is 17.0. The molecule has 1 atom stereocenters. The molecule has 0 aliphatic carbocycles. The van der Waals surface area contributed by atoms with Crippen LogP contribution in [0.4, 0.5) is 5.95 Å². The van der Waals surface area contributed by atoms with Gasteiger partial charge in [0.05, 0.1) is 35.9 Å². The molecule has 2 N–H and O–H groups in total. The van der Waals surface area contributed by atoms with Crippen LogP contribution in [0, 0.1) is 13.8 Å². The Kier molecular flexibility index (Phi) is 6.40. The van der Waals surface area contributed by atoms with E-state index < -0.39 is 17.7 Å². The summed E-state index contributed by atoms with van der Waals surface area (Å²) in [4.78, 5) is 36.2. The number of rotatable bonds is 6. The number of aryl methyl sites for hydroxylation is 2. The zero-order valence-corrected chi connectivity index (χ0v) is 21.9. The number of aliphatic hydroxyl groups is 1. The standard InChI is InChI=1S/C30H29N3O5/c1-16(2)38-22-8-6-7-20(15-22)27(34)25-26(19-9-11-21(37-5)12-10-19)33(29(36)28(25)35)30-31-23-13-17(3)18(4)14-24(23)32-30/h6-16,26,34H,1-5H3,(H,31,32)/b27-25+. The van der Waals surface area contributed by atoms with E-state index in [2.05, 4.69) is 9.97 Å². The van der Waals surface area contributed by atoms with Crippen LogP contribution in [0.15, 0.2) is 66.2 Å². The monoisotopic (exact) mass is 511 g/mol. The number of ketones is 1. The maximum absolute atomic E-state index is 13.5. The fourth-order valence-corrected chi connectivity index (χ4v) is 4.67. The second-order valence-electron chi connectivity index (χ2n) is 9.65. The van der Waals surface area contributed by atoms with Gasteiger partial charge < -0.3 is 19.6 Å². The second kappa shape index (κ2) is 9.70. The first-order valence-corrected chi connectivity index (χ1v) is 12.4. The molecule has 0 saturated carbocycles. The highest BCUT2D eigenvalue weighted by Gasteiger charge is 2.48. The van der Waals surface area contributed by atoms with Gasteiger partial charge in [0.2, 0.25) is 5.95 Å². The summed E-state index contributed by atoms with van der Waals surface area (Å²) in [7, 11) is 1.56. The average molecular weight is 512 g/mol. The highest BCUT2D eigenvalue weighted by atomic mass is 16.5. The lowest BCUT2D eigenvalue weighted by Gasteiger charge is -2.23. The maximum Gasteiger partial charge on any atom is 0.302 e. The van der Waals surface area contributed by atoms with Crippen molar-refractivity contribution >= 4 is 34.4 Å². The number of imidazole rings is 1. The first kappa shape index (κ1) is 25.1. The zero-order chi connectivity index (χ0) is 27.1. The molecule has 0 radical (unpaired) electrons. The Morgan fingerprint density at radius 1 is 1.00 bits per heavy atom. The number of amides is 1. The largest absolute Gasteiger partial charge is 0.507 e. The fourth-order valence-electron chi connectivity index (χ4n) is 4.67. The summed E-state index contributed by atoms with van der Waals surface area (Å²) in [5.41, 5.74) is 4.52. The topological polar surface area (TPSA) is 105 Å². The molecule has 1 aliphatic heterocycles. The third-order valence-corrected chi connectivity index (χ3v) is 6.67. The molecule has 8 nitrogen and oxygen atoms in total. The molecule has 194 valence electrons. The summed E-state index contributed by atoms with van der Waals surface area (Å²) in [6, 6.07) is 16.8. The van der Waals surface area contributed by atoms with E-state index in [-0.39, 0.29) is 23.4 Å². The SMILES string of the molecule is COc1ccc(C2/C(=C(\O)c3cccc(OC(C)C)c3)C(=O)C(=O)N2c2nc3cc(C)c(C)cc3[nH]2)cc1. The molecule has 2 heterocycles. The van der Waals surface area contributed by atoms with Gasteiger partial charge in [-0.3, -0.25) is 14.5 Å². The van der Waals surface area contributed by atoms with Crippen molar-refractivity contribution in [1.29, 1.82) is 0 Å². The number of carbonyl (C=O) groups is 2. The van der Waals surface area contributed by atoms with E-state index in [1.807, 2.05) is 39.8 Å². The van der Waals surface area contributed by atoms with E-state index in [9.17, 15) is 14.7 Å². The number of ether oxygens (including phenoxy) is 2. The number of aromatic amines is 1. The van der Waals surface area contributed by atoms with Gasteiger partial charge in [-0.05, 0) is 80.8 Å². The number of aliphatic hydroxyl groups excluding tert-OH is 1. The Morgan fingerprint density at radius 3 is 2.39 bits per heavy atom. The van der Waals surface area contributed by atoms with Crippen LogP contribution in [-0.4, -0.2) is 40.0 Å². The molecular formula is C30H29N3O5. The molecular weight excluding hydrogens is 482 g/mol. The Labute approximate surface area is 220 Å². The van der Waals surface area contributed by atoms with Crippen LogP contribution in [0.3, 0.4) is 0 Å². The average Bonchev–Trinajstić information content (AvgIpc) is 3.41. The van der Waals surface area contributed by atoms with Crippen molar-refractivity contribution in [3.63, 3.8) is 0 Å². The number of carbonyl (C=O) groups excluding carboxylic acids is 2. The van der Waals surface area contributed by atoms with Crippen molar-refractivity contribution in [2.45, 2.75) is 39.8 Å². The summed E-state index contributed by atoms with van der Waals surface area (Å²) >= 11 is 0. The zero-order valence-electron chi connectivity index (χ0n) is 21.9. The van der Waals surface area contributed by atoms with Gasteiger partial charge in [0.1, 0.15) is 17.3 Å². The molecule has 5 rings (SSSR count). The fraction of sp³-hybridized carbons (Fsp3) is 0.233. The van der Waals surface area contributed by atoms with Crippen LogP contribution >= 0.6 is 0 Å². The van der Waals surface area contributed by atoms with Crippen LogP contribution in [-0.2, 0) is 9.59 Å². The maximum atomic E-state index is 13.5. The van der Waals surface area contributed by atoms with Gasteiger partial charge in [-0.1, -0.05) is 24.3 Å². The second-order valence-corrected chi connectivity index (χ2v) is 9.65. The van der Waals surface area contributed by atoms with Crippen molar-refractivity contribution in [1.82, 2.24) is 9.97 Å². The Bertz CT molecular complexity index is 1540. The number of anilines is 1. The first-order valence-electron chi connectivity index (χ1n) is 12.4. The summed E-state index contributed by atoms with van der Waals surface area (Å²) < 4.78 is 11.1. The van der Waals surface area contributed by atoms with E-state index in [1.165, 1.54) is 4.90 Å². The van der Waals surface area contributed by atoms with E-state index in [0.29, 0.717) is 28.1 Å². The van der Waals surface area contributed by atoms with Crippen molar-refractivity contribution in [2.75, 3.05) is 12.0 Å². The number of fused-ring (bicyclic) bond motifs is 1. The summed E-state index contributed by atoms with van der Waals surface area (Å²) in [6.07, 6.45) is -0.0716. The lowest BCUT2D eigenvalue weighted by molar-refractivity contribution is -0.132. The smallest absolute Gasteiger partial charge is 0.302 e. The predicted octanol–water partition coefficient (Wildman–Crippen LogP) is 5.60. The summed E-state index contributed by atoms with van der Waals surface area (Å²) in [5.74, 6) is -0.477. The first-order chi connectivity index (χ1) is 18.2. The van der Waals surface area contributed by atoms with E-state index in [4.69, 9.17) is 9.47 Å². The number of methoxy groups -OCH3 is 1. The minimum absolute atomic E-state index is 0.0327. The number of nitrogens with zero attached hydrogens (tertiary/aromatic N) is 2. The van der Waals surface area contributed by atoms with Crippen LogP contribution in [0.1, 0.15) is 42.1 Å². The van der Waals surface area contributed by atoms with Crippen LogP contribution in [0.5, 0.6) is 11.5 Å². The molecule has 3 aromatic carbocycles. The minimum atomic E-state index is -0.918. The molecule has 1 aliphatic rings. The third kappa shape index (κ3) is 4.38. The van der Waals surface area contributed by atoms with Gasteiger partial charge in [0.25, 0.3) is 5.78 Å². The van der Waals surface area contributed by atoms with Gasteiger partial charge in [0.15, 0.2) is 0 Å². The number of hydrogen-bond acceptors (Lipinski definition) is 6.